The first-order chi connectivity index (χ1) is 11.8. The van der Waals surface area contributed by atoms with Gasteiger partial charge in [-0.2, -0.15) is 0 Å². The van der Waals surface area contributed by atoms with Crippen LogP contribution in [0.1, 0.15) is 44.6 Å². The van der Waals surface area contributed by atoms with Crippen molar-refractivity contribution in [3.05, 3.63) is 29.8 Å². The quantitative estimate of drug-likeness (QED) is 0.893. The third-order valence-corrected chi connectivity index (χ3v) is 5.34. The molecule has 0 saturated carbocycles. The van der Waals surface area contributed by atoms with E-state index in [9.17, 15) is 9.59 Å². The first kappa shape index (κ1) is 17.9. The van der Waals surface area contributed by atoms with Gasteiger partial charge in [-0.25, -0.2) is 15.2 Å². The van der Waals surface area contributed by atoms with Gasteiger partial charge < -0.3 is 9.64 Å². The summed E-state index contributed by atoms with van der Waals surface area (Å²) in [6, 6.07) is 8.26. The maximum Gasteiger partial charge on any atom is 0.426 e. The summed E-state index contributed by atoms with van der Waals surface area (Å²) in [4.78, 5) is 26.6. The van der Waals surface area contributed by atoms with Crippen LogP contribution < -0.4 is 10.3 Å². The highest BCUT2D eigenvalue weighted by Crippen LogP contribution is 2.38. The fourth-order valence-electron chi connectivity index (χ4n) is 3.02. The number of nitrogens with one attached hydrogen (secondary N) is 1. The van der Waals surface area contributed by atoms with Crippen molar-refractivity contribution < 1.29 is 14.3 Å². The second kappa shape index (κ2) is 7.15. The number of nitrogens with zero attached hydrogens (tertiary/aromatic N) is 2. The second-order valence-corrected chi connectivity index (χ2v) is 8.40. The Labute approximate surface area is 152 Å². The molecule has 0 radical (unpaired) electrons. The highest BCUT2D eigenvalue weighted by atomic mass is 32.2. The molecule has 136 valence electrons. The zero-order chi connectivity index (χ0) is 18.0. The molecule has 7 heteroatoms. The fourth-order valence-corrected chi connectivity index (χ4v) is 4.12. The SMILES string of the molecule is CC(C)(C)OC(=O)NN1C(=O)CSC1c1ccc(N2CCCC2)cc1. The van der Waals surface area contributed by atoms with Crippen LogP contribution >= 0.6 is 11.8 Å². The molecule has 0 bridgehead atoms. The smallest absolute Gasteiger partial charge is 0.426 e. The largest absolute Gasteiger partial charge is 0.443 e. The van der Waals surface area contributed by atoms with Crippen LogP contribution in [0.2, 0.25) is 0 Å². The summed E-state index contributed by atoms with van der Waals surface area (Å²) in [5.41, 5.74) is 4.20. The molecule has 1 unspecified atom stereocenters. The molecule has 1 aromatic rings. The molecule has 1 N–H and O–H groups in total. The molecule has 2 heterocycles. The van der Waals surface area contributed by atoms with E-state index in [4.69, 9.17) is 4.74 Å². The minimum absolute atomic E-state index is 0.121. The standard InChI is InChI=1S/C18H25N3O3S/c1-18(2,3)24-17(23)19-21-15(22)12-25-16(21)13-6-8-14(9-7-13)20-10-4-5-11-20/h6-9,16H,4-5,10-12H2,1-3H3,(H,19,23). The molecule has 2 aliphatic heterocycles. The van der Waals surface area contributed by atoms with Crippen LogP contribution in [0.5, 0.6) is 0 Å². The van der Waals surface area contributed by atoms with Gasteiger partial charge in [0.05, 0.1) is 5.75 Å². The molecule has 6 nitrogen and oxygen atoms in total. The predicted octanol–water partition coefficient (Wildman–Crippen LogP) is 3.30. The van der Waals surface area contributed by atoms with Gasteiger partial charge in [0.25, 0.3) is 5.91 Å². The van der Waals surface area contributed by atoms with Gasteiger partial charge in [-0.15, -0.1) is 11.8 Å². The lowest BCUT2D eigenvalue weighted by molar-refractivity contribution is -0.131. The molecule has 3 rings (SSSR count). The molecule has 1 atom stereocenters. The van der Waals surface area contributed by atoms with Gasteiger partial charge in [0.2, 0.25) is 0 Å². The Morgan fingerprint density at radius 1 is 1.20 bits per heavy atom. The van der Waals surface area contributed by atoms with E-state index in [-0.39, 0.29) is 11.3 Å². The minimum Gasteiger partial charge on any atom is -0.443 e. The third kappa shape index (κ3) is 4.39. The highest BCUT2D eigenvalue weighted by molar-refractivity contribution is 8.00. The zero-order valence-electron chi connectivity index (χ0n) is 14.9. The summed E-state index contributed by atoms with van der Waals surface area (Å²) in [6.45, 7) is 7.58. The molecule has 2 fully saturated rings. The Bertz CT molecular complexity index is 636. The van der Waals surface area contributed by atoms with Crippen LogP contribution in [0.4, 0.5) is 10.5 Å². The van der Waals surface area contributed by atoms with Crippen molar-refractivity contribution in [2.24, 2.45) is 0 Å². The average molecular weight is 363 g/mol. The molecule has 2 aliphatic rings. The summed E-state index contributed by atoms with van der Waals surface area (Å²) in [7, 11) is 0. The van der Waals surface area contributed by atoms with Crippen molar-refractivity contribution in [1.82, 2.24) is 10.4 Å². The van der Waals surface area contributed by atoms with Crippen LogP contribution in [0.15, 0.2) is 24.3 Å². The van der Waals surface area contributed by atoms with Gasteiger partial charge in [0.1, 0.15) is 11.0 Å². The van der Waals surface area contributed by atoms with E-state index in [2.05, 4.69) is 22.5 Å². The topological polar surface area (TPSA) is 61.9 Å². The number of carbonyl (C=O) groups excluding carboxylic acids is 2. The Kier molecular flexibility index (Phi) is 5.13. The number of rotatable bonds is 3. The zero-order valence-corrected chi connectivity index (χ0v) is 15.8. The van der Waals surface area contributed by atoms with Gasteiger partial charge in [0, 0.05) is 18.8 Å². The number of anilines is 1. The van der Waals surface area contributed by atoms with Crippen molar-refractivity contribution in [2.45, 2.75) is 44.6 Å². The Balaban J connectivity index is 1.69. The number of hydrogen-bond acceptors (Lipinski definition) is 5. The summed E-state index contributed by atoms with van der Waals surface area (Å²) in [6.07, 6.45) is 1.87. The Hall–Kier alpha value is -1.89. The van der Waals surface area contributed by atoms with Gasteiger partial charge in [0.15, 0.2) is 0 Å². The molecule has 25 heavy (non-hydrogen) atoms. The number of carbonyl (C=O) groups is 2. The first-order valence-electron chi connectivity index (χ1n) is 8.62. The highest BCUT2D eigenvalue weighted by Gasteiger charge is 2.35. The first-order valence-corrected chi connectivity index (χ1v) is 9.66. The molecule has 0 aliphatic carbocycles. The van der Waals surface area contributed by atoms with E-state index in [1.165, 1.54) is 35.3 Å². The van der Waals surface area contributed by atoms with Crippen LogP contribution in [0.3, 0.4) is 0 Å². The monoisotopic (exact) mass is 363 g/mol. The van der Waals surface area contributed by atoms with Crippen molar-refractivity contribution in [2.75, 3.05) is 23.7 Å². The number of hydrazine groups is 1. The lowest BCUT2D eigenvalue weighted by Crippen LogP contribution is -2.46. The molecule has 1 aromatic carbocycles. The molecular formula is C18H25N3O3S. The lowest BCUT2D eigenvalue weighted by Gasteiger charge is -2.27. The van der Waals surface area contributed by atoms with E-state index in [0.29, 0.717) is 5.75 Å². The normalized spacial score (nSPS) is 20.9. The van der Waals surface area contributed by atoms with Crippen molar-refractivity contribution in [1.29, 1.82) is 0 Å². The fraction of sp³-hybridized carbons (Fsp3) is 0.556. The molecule has 2 saturated heterocycles. The number of amides is 2. The van der Waals surface area contributed by atoms with Gasteiger partial charge in [-0.05, 0) is 51.3 Å². The lowest BCUT2D eigenvalue weighted by atomic mass is 10.2. The van der Waals surface area contributed by atoms with Gasteiger partial charge in [-0.1, -0.05) is 12.1 Å². The predicted molar refractivity (Wildman–Crippen MR) is 99.3 cm³/mol. The average Bonchev–Trinajstić information content (AvgIpc) is 3.17. The van der Waals surface area contributed by atoms with Crippen LogP contribution in [-0.2, 0) is 9.53 Å². The van der Waals surface area contributed by atoms with Gasteiger partial charge in [-0.3, -0.25) is 4.79 Å². The maximum atomic E-state index is 12.2. The minimum atomic E-state index is -0.609. The van der Waals surface area contributed by atoms with Crippen molar-refractivity contribution in [3.8, 4) is 0 Å². The molecule has 2 amide bonds. The van der Waals surface area contributed by atoms with Crippen LogP contribution in [0.25, 0.3) is 0 Å². The van der Waals surface area contributed by atoms with E-state index < -0.39 is 11.7 Å². The Morgan fingerprint density at radius 3 is 2.44 bits per heavy atom. The van der Waals surface area contributed by atoms with E-state index in [0.717, 1.165) is 18.7 Å². The molecular weight excluding hydrogens is 338 g/mol. The molecule has 0 spiro atoms. The summed E-state index contributed by atoms with van der Waals surface area (Å²) in [5, 5.41) is 1.15. The van der Waals surface area contributed by atoms with Crippen molar-refractivity contribution >= 4 is 29.4 Å². The molecule has 0 aromatic heterocycles. The van der Waals surface area contributed by atoms with E-state index >= 15 is 0 Å². The Morgan fingerprint density at radius 2 is 1.84 bits per heavy atom. The summed E-state index contributed by atoms with van der Waals surface area (Å²) in [5.74, 6) is 0.221. The van der Waals surface area contributed by atoms with E-state index in [1.807, 2.05) is 12.1 Å². The van der Waals surface area contributed by atoms with Crippen molar-refractivity contribution in [3.63, 3.8) is 0 Å². The van der Waals surface area contributed by atoms with Crippen LogP contribution in [0, 0.1) is 0 Å². The van der Waals surface area contributed by atoms with E-state index in [1.54, 1.807) is 20.8 Å². The second-order valence-electron chi connectivity index (χ2n) is 7.33. The van der Waals surface area contributed by atoms with Crippen LogP contribution in [-0.4, -0.2) is 41.5 Å². The number of hydrogen-bond donors (Lipinski definition) is 1. The summed E-state index contributed by atoms with van der Waals surface area (Å²) >= 11 is 1.50. The number of ether oxygens (including phenoxy) is 1. The summed E-state index contributed by atoms with van der Waals surface area (Å²) < 4.78 is 5.26. The third-order valence-electron chi connectivity index (χ3n) is 4.13. The number of benzene rings is 1. The van der Waals surface area contributed by atoms with Gasteiger partial charge >= 0.3 is 6.09 Å². The number of thioether (sulfide) groups is 1. The maximum absolute atomic E-state index is 12.2.